The van der Waals surface area contributed by atoms with E-state index in [1.165, 1.54) is 5.69 Å². The second-order valence-corrected chi connectivity index (χ2v) is 3.60. The standard InChI is InChI=1S/C11H16N4/c1-15-8-5-10(14-15)4-7-12-9-11-3-2-6-13-11/h2-3,5-6,8,12-13H,4,7,9H2,1H3. The lowest BCUT2D eigenvalue weighted by Crippen LogP contribution is -2.17. The fourth-order valence-corrected chi connectivity index (χ4v) is 1.51. The normalized spacial score (nSPS) is 10.7. The van der Waals surface area contributed by atoms with Crippen molar-refractivity contribution in [2.24, 2.45) is 7.05 Å². The third kappa shape index (κ3) is 2.95. The first-order chi connectivity index (χ1) is 7.34. The van der Waals surface area contributed by atoms with Crippen molar-refractivity contribution in [2.45, 2.75) is 13.0 Å². The molecule has 0 radical (unpaired) electrons. The number of H-pyrrole nitrogens is 1. The van der Waals surface area contributed by atoms with Gasteiger partial charge in [0.05, 0.1) is 5.69 Å². The summed E-state index contributed by atoms with van der Waals surface area (Å²) in [7, 11) is 1.94. The minimum absolute atomic E-state index is 0.889. The largest absolute Gasteiger partial charge is 0.364 e. The number of nitrogens with one attached hydrogen (secondary N) is 2. The van der Waals surface area contributed by atoms with Gasteiger partial charge in [0.25, 0.3) is 0 Å². The molecule has 0 aliphatic heterocycles. The first-order valence-corrected chi connectivity index (χ1v) is 5.16. The minimum Gasteiger partial charge on any atom is -0.364 e. The molecule has 2 N–H and O–H groups in total. The molecule has 0 fully saturated rings. The first-order valence-electron chi connectivity index (χ1n) is 5.16. The molecular formula is C11H16N4. The smallest absolute Gasteiger partial charge is 0.0637 e. The van der Waals surface area contributed by atoms with Crippen LogP contribution in [0.25, 0.3) is 0 Å². The molecule has 4 heteroatoms. The molecule has 0 spiro atoms. The van der Waals surface area contributed by atoms with Gasteiger partial charge in [0.1, 0.15) is 0 Å². The van der Waals surface area contributed by atoms with Crippen LogP contribution in [0.5, 0.6) is 0 Å². The van der Waals surface area contributed by atoms with E-state index in [-0.39, 0.29) is 0 Å². The molecule has 0 aliphatic rings. The Labute approximate surface area is 89.3 Å². The summed E-state index contributed by atoms with van der Waals surface area (Å²) in [5.74, 6) is 0. The van der Waals surface area contributed by atoms with Crippen molar-refractivity contribution in [3.05, 3.63) is 42.0 Å². The number of hydrogen-bond acceptors (Lipinski definition) is 2. The van der Waals surface area contributed by atoms with Gasteiger partial charge in [-0.15, -0.1) is 0 Å². The topological polar surface area (TPSA) is 45.6 Å². The second-order valence-electron chi connectivity index (χ2n) is 3.60. The summed E-state index contributed by atoms with van der Waals surface area (Å²) >= 11 is 0. The van der Waals surface area contributed by atoms with Crippen LogP contribution in [0.3, 0.4) is 0 Å². The lowest BCUT2D eigenvalue weighted by molar-refractivity contribution is 0.658. The SMILES string of the molecule is Cn1ccc(CCNCc2ccc[nH]2)n1. The summed E-state index contributed by atoms with van der Waals surface area (Å²) in [6.45, 7) is 1.84. The summed E-state index contributed by atoms with van der Waals surface area (Å²) in [4.78, 5) is 3.16. The Morgan fingerprint density at radius 3 is 3.07 bits per heavy atom. The van der Waals surface area contributed by atoms with Crippen molar-refractivity contribution in [2.75, 3.05) is 6.54 Å². The van der Waals surface area contributed by atoms with Crippen LogP contribution in [0, 0.1) is 0 Å². The maximum absolute atomic E-state index is 4.31. The fraction of sp³-hybridized carbons (Fsp3) is 0.364. The van der Waals surface area contributed by atoms with Gasteiger partial charge in [-0.05, 0) is 18.2 Å². The molecule has 0 aromatic carbocycles. The Hall–Kier alpha value is -1.55. The van der Waals surface area contributed by atoms with Gasteiger partial charge in [0.2, 0.25) is 0 Å². The van der Waals surface area contributed by atoms with Crippen molar-refractivity contribution in [3.8, 4) is 0 Å². The Kier molecular flexibility index (Phi) is 3.19. The molecule has 0 saturated carbocycles. The van der Waals surface area contributed by atoms with Crippen LogP contribution in [0.4, 0.5) is 0 Å². The molecule has 2 heterocycles. The van der Waals surface area contributed by atoms with Crippen LogP contribution >= 0.6 is 0 Å². The van der Waals surface area contributed by atoms with Crippen LogP contribution in [-0.4, -0.2) is 21.3 Å². The van der Waals surface area contributed by atoms with E-state index in [0.717, 1.165) is 25.2 Å². The lowest BCUT2D eigenvalue weighted by Gasteiger charge is -2.01. The van der Waals surface area contributed by atoms with Crippen LogP contribution < -0.4 is 5.32 Å². The van der Waals surface area contributed by atoms with E-state index >= 15 is 0 Å². The summed E-state index contributed by atoms with van der Waals surface area (Å²) < 4.78 is 1.83. The van der Waals surface area contributed by atoms with Gasteiger partial charge in [-0.25, -0.2) is 0 Å². The molecule has 2 rings (SSSR count). The number of rotatable bonds is 5. The number of aromatic amines is 1. The number of hydrogen-bond donors (Lipinski definition) is 2. The van der Waals surface area contributed by atoms with Gasteiger partial charge >= 0.3 is 0 Å². The zero-order valence-electron chi connectivity index (χ0n) is 8.90. The van der Waals surface area contributed by atoms with E-state index in [2.05, 4.69) is 27.5 Å². The molecule has 0 amide bonds. The van der Waals surface area contributed by atoms with Gasteiger partial charge in [0, 0.05) is 44.6 Å². The van der Waals surface area contributed by atoms with E-state index in [1.807, 2.05) is 30.2 Å². The molecule has 2 aromatic rings. The third-order valence-corrected chi connectivity index (χ3v) is 2.30. The van der Waals surface area contributed by atoms with E-state index < -0.39 is 0 Å². The van der Waals surface area contributed by atoms with Gasteiger partial charge in [-0.1, -0.05) is 0 Å². The average molecular weight is 204 g/mol. The molecule has 4 nitrogen and oxygen atoms in total. The van der Waals surface area contributed by atoms with Crippen molar-refractivity contribution in [3.63, 3.8) is 0 Å². The fourth-order valence-electron chi connectivity index (χ4n) is 1.51. The molecule has 2 aromatic heterocycles. The highest BCUT2D eigenvalue weighted by Crippen LogP contribution is 1.96. The van der Waals surface area contributed by atoms with Crippen molar-refractivity contribution < 1.29 is 0 Å². The molecule has 80 valence electrons. The van der Waals surface area contributed by atoms with Gasteiger partial charge in [-0.3, -0.25) is 4.68 Å². The summed E-state index contributed by atoms with van der Waals surface area (Å²) in [5, 5.41) is 7.68. The molecule has 0 atom stereocenters. The Balaban J connectivity index is 1.67. The van der Waals surface area contributed by atoms with Gasteiger partial charge in [0.15, 0.2) is 0 Å². The Bertz CT molecular complexity index is 388. The number of aromatic nitrogens is 3. The molecule has 0 aliphatic carbocycles. The second kappa shape index (κ2) is 4.79. The molecule has 0 saturated heterocycles. The summed E-state index contributed by atoms with van der Waals surface area (Å²) in [6, 6.07) is 6.14. The first kappa shape index (κ1) is 9.98. The highest BCUT2D eigenvalue weighted by atomic mass is 15.2. The number of nitrogens with zero attached hydrogens (tertiary/aromatic N) is 2. The monoisotopic (exact) mass is 204 g/mol. The Morgan fingerprint density at radius 2 is 2.40 bits per heavy atom. The van der Waals surface area contributed by atoms with E-state index in [4.69, 9.17) is 0 Å². The lowest BCUT2D eigenvalue weighted by atomic mass is 10.3. The highest BCUT2D eigenvalue weighted by Gasteiger charge is 1.96. The van der Waals surface area contributed by atoms with Crippen molar-refractivity contribution in [1.82, 2.24) is 20.1 Å². The third-order valence-electron chi connectivity index (χ3n) is 2.30. The summed E-state index contributed by atoms with van der Waals surface area (Å²) in [6.07, 6.45) is 4.89. The molecule has 0 unspecified atom stereocenters. The minimum atomic E-state index is 0.889. The van der Waals surface area contributed by atoms with Crippen molar-refractivity contribution in [1.29, 1.82) is 0 Å². The zero-order chi connectivity index (χ0) is 10.5. The quantitative estimate of drug-likeness (QED) is 0.716. The van der Waals surface area contributed by atoms with E-state index in [1.54, 1.807) is 0 Å². The van der Waals surface area contributed by atoms with Crippen LogP contribution in [-0.2, 0) is 20.0 Å². The highest BCUT2D eigenvalue weighted by molar-refractivity contribution is 5.03. The maximum atomic E-state index is 4.31. The molecular weight excluding hydrogens is 188 g/mol. The zero-order valence-corrected chi connectivity index (χ0v) is 8.90. The average Bonchev–Trinajstić information content (AvgIpc) is 2.84. The van der Waals surface area contributed by atoms with Crippen LogP contribution in [0.2, 0.25) is 0 Å². The number of aryl methyl sites for hydroxylation is 1. The van der Waals surface area contributed by atoms with Gasteiger partial charge < -0.3 is 10.3 Å². The van der Waals surface area contributed by atoms with Crippen LogP contribution in [0.1, 0.15) is 11.4 Å². The predicted molar refractivity (Wildman–Crippen MR) is 59.4 cm³/mol. The molecule has 0 bridgehead atoms. The summed E-state index contributed by atoms with van der Waals surface area (Å²) in [5.41, 5.74) is 2.35. The molecule has 15 heavy (non-hydrogen) atoms. The van der Waals surface area contributed by atoms with Gasteiger partial charge in [-0.2, -0.15) is 5.10 Å². The Morgan fingerprint density at radius 1 is 1.47 bits per heavy atom. The van der Waals surface area contributed by atoms with E-state index in [0.29, 0.717) is 0 Å². The van der Waals surface area contributed by atoms with Crippen LogP contribution in [0.15, 0.2) is 30.6 Å². The maximum Gasteiger partial charge on any atom is 0.0637 e. The predicted octanol–water partition coefficient (Wildman–Crippen LogP) is 1.08. The van der Waals surface area contributed by atoms with Crippen molar-refractivity contribution >= 4 is 0 Å². The van der Waals surface area contributed by atoms with E-state index in [9.17, 15) is 0 Å².